The Balaban J connectivity index is 3.21. The summed E-state index contributed by atoms with van der Waals surface area (Å²) >= 11 is 2.83. The molecular formula is C10H12CrO3. The maximum atomic E-state index is 5.24. The Morgan fingerprint density at radius 2 is 1.86 bits per heavy atom. The third-order valence-electron chi connectivity index (χ3n) is 1.81. The predicted octanol–water partition coefficient (Wildman–Crippen LogP) is 1.37. The van der Waals surface area contributed by atoms with Crippen LogP contribution in [0.3, 0.4) is 0 Å². The van der Waals surface area contributed by atoms with Crippen molar-refractivity contribution < 1.29 is 30.1 Å². The van der Waals surface area contributed by atoms with Crippen LogP contribution in [0.4, 0.5) is 0 Å². The van der Waals surface area contributed by atoms with Gasteiger partial charge in [0.1, 0.15) is 0 Å². The number of ether oxygens (including phenoxy) is 3. The van der Waals surface area contributed by atoms with Crippen LogP contribution >= 0.6 is 0 Å². The van der Waals surface area contributed by atoms with E-state index in [0.717, 1.165) is 5.56 Å². The van der Waals surface area contributed by atoms with Gasteiger partial charge in [-0.05, 0) is 0 Å². The molecule has 76 valence electrons. The normalized spacial score (nSPS) is 9.64. The van der Waals surface area contributed by atoms with Gasteiger partial charge in [-0.15, -0.1) is 0 Å². The summed E-state index contributed by atoms with van der Waals surface area (Å²) in [5, 5.41) is 0. The Kier molecular flexibility index (Phi) is 4.15. The van der Waals surface area contributed by atoms with Crippen molar-refractivity contribution in [2.24, 2.45) is 0 Å². The zero-order chi connectivity index (χ0) is 10.6. The topological polar surface area (TPSA) is 27.7 Å². The van der Waals surface area contributed by atoms with Crippen molar-refractivity contribution in [1.82, 2.24) is 0 Å². The molecule has 0 atom stereocenters. The van der Waals surface area contributed by atoms with E-state index in [-0.39, 0.29) is 0 Å². The molecule has 0 heterocycles. The fraction of sp³-hybridized carbons (Fsp3) is 0.300. The molecule has 4 heteroatoms. The van der Waals surface area contributed by atoms with E-state index < -0.39 is 0 Å². The second kappa shape index (κ2) is 5.16. The number of methoxy groups -OCH3 is 3. The van der Waals surface area contributed by atoms with E-state index in [0.29, 0.717) is 16.1 Å². The Morgan fingerprint density at radius 3 is 2.36 bits per heavy atom. The first-order chi connectivity index (χ1) is 6.74. The molecule has 3 nitrogen and oxygen atoms in total. The zero-order valence-corrected chi connectivity index (χ0v) is 9.64. The van der Waals surface area contributed by atoms with E-state index in [1.165, 1.54) is 0 Å². The molecule has 0 aliphatic carbocycles. The van der Waals surface area contributed by atoms with Gasteiger partial charge in [0.2, 0.25) is 0 Å². The van der Waals surface area contributed by atoms with Crippen LogP contribution in [0.5, 0.6) is 11.5 Å². The fourth-order valence-corrected chi connectivity index (χ4v) is 1.41. The van der Waals surface area contributed by atoms with Crippen molar-refractivity contribution in [2.45, 2.75) is 0 Å². The van der Waals surface area contributed by atoms with Gasteiger partial charge >= 0.3 is 91.2 Å². The van der Waals surface area contributed by atoms with Gasteiger partial charge in [-0.2, -0.15) is 0 Å². The molecule has 0 saturated heterocycles. The van der Waals surface area contributed by atoms with E-state index in [2.05, 4.69) is 15.9 Å². The Morgan fingerprint density at radius 1 is 1.14 bits per heavy atom. The van der Waals surface area contributed by atoms with Crippen LogP contribution in [-0.2, 0) is 20.6 Å². The molecule has 14 heavy (non-hydrogen) atoms. The van der Waals surface area contributed by atoms with E-state index >= 15 is 0 Å². The Hall–Kier alpha value is -0.818. The molecule has 0 fully saturated rings. The molecule has 0 aliphatic rings. The van der Waals surface area contributed by atoms with E-state index in [1.54, 1.807) is 21.3 Å². The average molecular weight is 232 g/mol. The minimum absolute atomic E-state index is 0.672. The molecule has 0 bridgehead atoms. The van der Waals surface area contributed by atoms with Crippen LogP contribution in [0.2, 0.25) is 0 Å². The standard InChI is InChI=1S/C10H12O3.Cr/c1-11-7-8-5-4-6-9(12-2)10(8)13-3;/h4-6H,1-3H3;. The van der Waals surface area contributed by atoms with Gasteiger partial charge < -0.3 is 0 Å². The summed E-state index contributed by atoms with van der Waals surface area (Å²) in [4.78, 5) is 0. The third-order valence-corrected chi connectivity index (χ3v) is 2.41. The second-order valence-corrected chi connectivity index (χ2v) is 3.11. The van der Waals surface area contributed by atoms with Gasteiger partial charge in [-0.1, -0.05) is 0 Å². The summed E-state index contributed by atoms with van der Waals surface area (Å²) in [6, 6.07) is 5.62. The SMILES string of the molecule is CO[C](=[Cr])c1cccc(OC)c1OC. The molecular weight excluding hydrogens is 220 g/mol. The van der Waals surface area contributed by atoms with Crippen molar-refractivity contribution in [1.29, 1.82) is 0 Å². The fourth-order valence-electron chi connectivity index (χ4n) is 1.16. The summed E-state index contributed by atoms with van der Waals surface area (Å²) in [7, 11) is 4.81. The van der Waals surface area contributed by atoms with Crippen LogP contribution in [0.25, 0.3) is 0 Å². The first-order valence-electron chi connectivity index (χ1n) is 4.04. The summed E-state index contributed by atoms with van der Waals surface area (Å²) in [6.45, 7) is 0. The molecule has 0 radical (unpaired) electrons. The molecule has 0 N–H and O–H groups in total. The van der Waals surface area contributed by atoms with Crippen LogP contribution in [0, 0.1) is 0 Å². The van der Waals surface area contributed by atoms with Crippen LogP contribution in [0.1, 0.15) is 5.56 Å². The zero-order valence-electron chi connectivity index (χ0n) is 8.37. The Bertz CT molecular complexity index is 336. The number of hydrogen-bond donors (Lipinski definition) is 0. The summed E-state index contributed by atoms with van der Waals surface area (Å²) in [6.07, 6.45) is 0. The molecule has 0 amide bonds. The monoisotopic (exact) mass is 232 g/mol. The number of para-hydroxylation sites is 1. The number of rotatable bonds is 4. The molecule has 1 aromatic rings. The van der Waals surface area contributed by atoms with Crippen molar-refractivity contribution >= 4 is 4.57 Å². The van der Waals surface area contributed by atoms with E-state index in [4.69, 9.17) is 14.2 Å². The first kappa shape index (κ1) is 11.3. The van der Waals surface area contributed by atoms with Gasteiger partial charge in [0.25, 0.3) is 0 Å². The molecule has 0 unspecified atom stereocenters. The molecule has 0 aromatic heterocycles. The van der Waals surface area contributed by atoms with Crippen molar-refractivity contribution in [3.63, 3.8) is 0 Å². The average Bonchev–Trinajstić information content (AvgIpc) is 2.26. The third kappa shape index (κ3) is 2.16. The summed E-state index contributed by atoms with van der Waals surface area (Å²) < 4.78 is 16.2. The number of benzene rings is 1. The predicted molar refractivity (Wildman–Crippen MR) is 50.7 cm³/mol. The van der Waals surface area contributed by atoms with Crippen LogP contribution in [-0.4, -0.2) is 25.9 Å². The maximum absolute atomic E-state index is 5.24. The van der Waals surface area contributed by atoms with Gasteiger partial charge in [0, 0.05) is 0 Å². The van der Waals surface area contributed by atoms with Crippen molar-refractivity contribution in [2.75, 3.05) is 21.3 Å². The Labute approximate surface area is 91.6 Å². The summed E-state index contributed by atoms with van der Waals surface area (Å²) in [5.41, 5.74) is 0.856. The first-order valence-corrected chi connectivity index (χ1v) is 4.67. The second-order valence-electron chi connectivity index (χ2n) is 2.53. The summed E-state index contributed by atoms with van der Waals surface area (Å²) in [5.74, 6) is 1.36. The molecule has 0 spiro atoms. The molecule has 0 aliphatic heterocycles. The molecule has 0 saturated carbocycles. The quantitative estimate of drug-likeness (QED) is 0.784. The number of hydrogen-bond acceptors (Lipinski definition) is 3. The van der Waals surface area contributed by atoms with Crippen LogP contribution < -0.4 is 9.47 Å². The van der Waals surface area contributed by atoms with Crippen molar-refractivity contribution in [3.8, 4) is 11.5 Å². The van der Waals surface area contributed by atoms with Crippen molar-refractivity contribution in [3.05, 3.63) is 23.8 Å². The van der Waals surface area contributed by atoms with Gasteiger partial charge in [-0.3, -0.25) is 0 Å². The molecule has 1 aromatic carbocycles. The van der Waals surface area contributed by atoms with Crippen LogP contribution in [0.15, 0.2) is 18.2 Å². The van der Waals surface area contributed by atoms with Gasteiger partial charge in [-0.25, -0.2) is 0 Å². The minimum atomic E-state index is 0.672. The van der Waals surface area contributed by atoms with E-state index in [9.17, 15) is 0 Å². The van der Waals surface area contributed by atoms with Gasteiger partial charge in [0.15, 0.2) is 0 Å². The molecule has 1 rings (SSSR count). The van der Waals surface area contributed by atoms with E-state index in [1.807, 2.05) is 18.2 Å². The van der Waals surface area contributed by atoms with Gasteiger partial charge in [0.05, 0.1) is 0 Å².